The van der Waals surface area contributed by atoms with Crippen LogP contribution >= 0.6 is 22.7 Å². The molecule has 3 heterocycles. The zero-order chi connectivity index (χ0) is 23.4. The number of ketones is 1. The monoisotopic (exact) mass is 474 g/mol. The van der Waals surface area contributed by atoms with Gasteiger partial charge in [-0.3, -0.25) is 14.5 Å². The molecule has 0 saturated carbocycles. The van der Waals surface area contributed by atoms with Gasteiger partial charge in [0.2, 0.25) is 0 Å². The molecule has 2 aromatic carbocycles. The Hall–Kier alpha value is -3.29. The number of amides is 1. The lowest BCUT2D eigenvalue weighted by Crippen LogP contribution is -2.28. The summed E-state index contributed by atoms with van der Waals surface area (Å²) in [7, 11) is 0. The molecule has 166 valence electrons. The first-order valence-electron chi connectivity index (χ1n) is 10.6. The number of aryl methyl sites for hydroxylation is 4. The Morgan fingerprint density at radius 2 is 1.79 bits per heavy atom. The van der Waals surface area contributed by atoms with Crippen molar-refractivity contribution in [3.63, 3.8) is 0 Å². The Morgan fingerprint density at radius 1 is 1.00 bits per heavy atom. The lowest BCUT2D eigenvalue weighted by atomic mass is 9.96. The van der Waals surface area contributed by atoms with E-state index >= 15 is 0 Å². The summed E-state index contributed by atoms with van der Waals surface area (Å²) in [5.41, 5.74) is 5.41. The molecule has 0 aliphatic carbocycles. The fraction of sp³-hybridized carbons (Fsp3) is 0.192. The molecule has 0 bridgehead atoms. The molecule has 5 nitrogen and oxygen atoms in total. The third kappa shape index (κ3) is 3.48. The van der Waals surface area contributed by atoms with Gasteiger partial charge >= 0.3 is 5.91 Å². The molecule has 7 heteroatoms. The van der Waals surface area contributed by atoms with Crippen LogP contribution in [0.4, 0.5) is 5.13 Å². The van der Waals surface area contributed by atoms with E-state index in [0.717, 1.165) is 37.3 Å². The van der Waals surface area contributed by atoms with Crippen LogP contribution in [-0.4, -0.2) is 21.8 Å². The number of anilines is 1. The molecular formula is C26H22N2O3S2. The molecule has 5 rings (SSSR count). The van der Waals surface area contributed by atoms with Gasteiger partial charge in [-0.05, 0) is 68.0 Å². The average molecular weight is 475 g/mol. The van der Waals surface area contributed by atoms with Crippen LogP contribution in [0.15, 0.2) is 53.4 Å². The smallest absolute Gasteiger partial charge is 0.301 e. The number of hydrogen-bond acceptors (Lipinski definition) is 6. The fourth-order valence-corrected chi connectivity index (χ4v) is 6.34. The van der Waals surface area contributed by atoms with Gasteiger partial charge in [0.1, 0.15) is 11.8 Å². The van der Waals surface area contributed by atoms with E-state index in [-0.39, 0.29) is 11.3 Å². The van der Waals surface area contributed by atoms with Crippen molar-refractivity contribution < 1.29 is 14.7 Å². The molecule has 0 spiro atoms. The van der Waals surface area contributed by atoms with Gasteiger partial charge in [0.05, 0.1) is 15.8 Å². The molecule has 1 aliphatic rings. The predicted octanol–water partition coefficient (Wildman–Crippen LogP) is 6.22. The maximum Gasteiger partial charge on any atom is 0.301 e. The van der Waals surface area contributed by atoms with E-state index in [4.69, 9.17) is 4.98 Å². The van der Waals surface area contributed by atoms with E-state index in [1.165, 1.54) is 27.6 Å². The highest BCUT2D eigenvalue weighted by atomic mass is 32.1. The fourth-order valence-electron chi connectivity index (χ4n) is 4.34. The van der Waals surface area contributed by atoms with Gasteiger partial charge in [-0.2, -0.15) is 0 Å². The maximum atomic E-state index is 13.3. The van der Waals surface area contributed by atoms with E-state index in [2.05, 4.69) is 6.07 Å². The second-order valence-corrected chi connectivity index (χ2v) is 10.4. The van der Waals surface area contributed by atoms with Crippen LogP contribution in [0.2, 0.25) is 0 Å². The Morgan fingerprint density at radius 3 is 2.52 bits per heavy atom. The number of hydrogen-bond donors (Lipinski definition) is 1. The van der Waals surface area contributed by atoms with E-state index in [0.29, 0.717) is 10.7 Å². The first-order valence-corrected chi connectivity index (χ1v) is 12.3. The second-order valence-electron chi connectivity index (χ2n) is 8.43. The number of carbonyl (C=O) groups is 2. The topological polar surface area (TPSA) is 70.5 Å². The lowest BCUT2D eigenvalue weighted by Gasteiger charge is -2.21. The van der Waals surface area contributed by atoms with E-state index in [1.54, 1.807) is 0 Å². The second kappa shape index (κ2) is 7.93. The minimum Gasteiger partial charge on any atom is -0.507 e. The summed E-state index contributed by atoms with van der Waals surface area (Å²) >= 11 is 2.83. The molecule has 1 saturated heterocycles. The van der Waals surface area contributed by atoms with E-state index < -0.39 is 17.7 Å². The molecule has 1 amide bonds. The number of Topliss-reactive ketones (excluding diaryl/α,β-unsaturated/α-hetero) is 1. The Labute approximate surface area is 199 Å². The first-order chi connectivity index (χ1) is 15.8. The van der Waals surface area contributed by atoms with Crippen LogP contribution in [0, 0.1) is 27.7 Å². The number of thiazole rings is 1. The van der Waals surface area contributed by atoms with Crippen LogP contribution in [-0.2, 0) is 9.59 Å². The summed E-state index contributed by atoms with van der Waals surface area (Å²) in [5.74, 6) is -1.52. The van der Waals surface area contributed by atoms with Crippen molar-refractivity contribution in [2.45, 2.75) is 33.7 Å². The molecular weight excluding hydrogens is 452 g/mol. The zero-order valence-electron chi connectivity index (χ0n) is 18.7. The van der Waals surface area contributed by atoms with Gasteiger partial charge in [-0.25, -0.2) is 4.98 Å². The third-order valence-electron chi connectivity index (χ3n) is 5.93. The van der Waals surface area contributed by atoms with Crippen molar-refractivity contribution in [3.8, 4) is 0 Å². The maximum absolute atomic E-state index is 13.3. The minimum absolute atomic E-state index is 0.100. The van der Waals surface area contributed by atoms with Crippen LogP contribution in [0.1, 0.15) is 38.7 Å². The van der Waals surface area contributed by atoms with Crippen molar-refractivity contribution in [3.05, 3.63) is 86.1 Å². The van der Waals surface area contributed by atoms with Crippen molar-refractivity contribution >= 4 is 55.5 Å². The molecule has 33 heavy (non-hydrogen) atoms. The Bertz CT molecular complexity index is 1460. The average Bonchev–Trinajstić information content (AvgIpc) is 3.48. The number of aliphatic hydroxyl groups excluding tert-OH is 1. The number of rotatable bonds is 3. The molecule has 2 aromatic heterocycles. The minimum atomic E-state index is -0.730. The number of thiophene rings is 1. The van der Waals surface area contributed by atoms with Gasteiger partial charge < -0.3 is 5.11 Å². The van der Waals surface area contributed by atoms with Crippen LogP contribution in [0.5, 0.6) is 0 Å². The van der Waals surface area contributed by atoms with Gasteiger partial charge in [-0.1, -0.05) is 41.2 Å². The van der Waals surface area contributed by atoms with E-state index in [1.807, 2.05) is 69.5 Å². The van der Waals surface area contributed by atoms with Crippen molar-refractivity contribution in [1.29, 1.82) is 0 Å². The highest BCUT2D eigenvalue weighted by Crippen LogP contribution is 2.46. The van der Waals surface area contributed by atoms with Crippen LogP contribution < -0.4 is 4.90 Å². The molecule has 0 radical (unpaired) electrons. The standard InChI is InChI=1S/C26H22N2O3S2/c1-13-7-8-15(3)17(11-13)23(29)20-22(18-6-5-9-32-18)28(25(31)24(20)30)26-27-21-16(4)10-14(2)12-19(21)33-26/h5-12,22,29H,1-4H3/b23-20+. The predicted molar refractivity (Wildman–Crippen MR) is 134 cm³/mol. The summed E-state index contributed by atoms with van der Waals surface area (Å²) in [6, 6.07) is 12.8. The number of aliphatic hydroxyl groups is 1. The van der Waals surface area contributed by atoms with Gasteiger partial charge in [0.25, 0.3) is 5.78 Å². The molecule has 1 N–H and O–H groups in total. The molecule has 1 aliphatic heterocycles. The zero-order valence-corrected chi connectivity index (χ0v) is 20.3. The largest absolute Gasteiger partial charge is 0.507 e. The number of aromatic nitrogens is 1. The van der Waals surface area contributed by atoms with Crippen LogP contribution in [0.3, 0.4) is 0 Å². The number of carbonyl (C=O) groups excluding carboxylic acids is 2. The third-order valence-corrected chi connectivity index (χ3v) is 7.86. The van der Waals surface area contributed by atoms with Crippen molar-refractivity contribution in [2.24, 2.45) is 0 Å². The Kier molecular flexibility index (Phi) is 5.18. The molecule has 1 unspecified atom stereocenters. The van der Waals surface area contributed by atoms with Crippen molar-refractivity contribution in [1.82, 2.24) is 4.98 Å². The first kappa shape index (κ1) is 21.6. The van der Waals surface area contributed by atoms with Crippen molar-refractivity contribution in [2.75, 3.05) is 4.90 Å². The van der Waals surface area contributed by atoms with Gasteiger partial charge in [-0.15, -0.1) is 11.3 Å². The summed E-state index contributed by atoms with van der Waals surface area (Å²) in [4.78, 5) is 33.7. The quantitative estimate of drug-likeness (QED) is 0.217. The highest BCUT2D eigenvalue weighted by Gasteiger charge is 2.48. The summed E-state index contributed by atoms with van der Waals surface area (Å²) < 4.78 is 0.962. The van der Waals surface area contributed by atoms with Gasteiger partial charge in [0, 0.05) is 10.4 Å². The van der Waals surface area contributed by atoms with Gasteiger partial charge in [0.15, 0.2) is 5.13 Å². The summed E-state index contributed by atoms with van der Waals surface area (Å²) in [6.45, 7) is 7.82. The molecule has 1 fully saturated rings. The lowest BCUT2D eigenvalue weighted by molar-refractivity contribution is -0.132. The Balaban J connectivity index is 1.75. The normalized spacial score (nSPS) is 17.9. The van der Waals surface area contributed by atoms with E-state index in [9.17, 15) is 14.7 Å². The number of fused-ring (bicyclic) bond motifs is 1. The summed E-state index contributed by atoms with van der Waals surface area (Å²) in [6.07, 6.45) is 0. The summed E-state index contributed by atoms with van der Waals surface area (Å²) in [5, 5.41) is 13.7. The number of benzene rings is 2. The SMILES string of the molecule is Cc1ccc(C)c(/C(O)=C2\C(=O)C(=O)N(c3nc4c(C)cc(C)cc4s3)C2c2cccs2)c1. The highest BCUT2D eigenvalue weighted by molar-refractivity contribution is 7.22. The molecule has 4 aromatic rings. The number of nitrogens with zero attached hydrogens (tertiary/aromatic N) is 2. The van der Waals surface area contributed by atoms with Crippen LogP contribution in [0.25, 0.3) is 16.0 Å². The molecule has 1 atom stereocenters.